The minimum atomic E-state index is -0.703. The predicted molar refractivity (Wildman–Crippen MR) is 52.6 cm³/mol. The minimum Gasteiger partial charge on any atom is -0.363 e. The van der Waals surface area contributed by atoms with E-state index < -0.39 is 5.91 Å². The normalized spacial score (nSPS) is 58.0. The Balaban J connectivity index is 1.76. The topological polar surface area (TPSA) is 60.2 Å². The monoisotopic (exact) mass is 205 g/mol. The van der Waals surface area contributed by atoms with Crippen molar-refractivity contribution in [1.29, 1.82) is 0 Å². The first-order chi connectivity index (χ1) is 7.08. The molecule has 4 fully saturated rings. The van der Waals surface area contributed by atoms with Crippen molar-refractivity contribution in [1.82, 2.24) is 0 Å². The second-order valence-electron chi connectivity index (χ2n) is 6.23. The van der Waals surface area contributed by atoms with E-state index in [1.165, 1.54) is 12.8 Å². The number of ketones is 1. The molecule has 0 aliphatic heterocycles. The molecule has 1 spiro atoms. The molecule has 0 aromatic carbocycles. The Hall–Kier alpha value is -0.860. The van der Waals surface area contributed by atoms with E-state index >= 15 is 0 Å². The highest BCUT2D eigenvalue weighted by Gasteiger charge is 2.79. The average Bonchev–Trinajstić information content (AvgIpc) is 2.62. The molecule has 2 unspecified atom stereocenters. The van der Waals surface area contributed by atoms with Crippen LogP contribution in [0, 0.1) is 28.6 Å². The zero-order valence-corrected chi connectivity index (χ0v) is 8.66. The van der Waals surface area contributed by atoms with Crippen LogP contribution in [0.1, 0.15) is 32.1 Å². The number of Topliss-reactive ketones (excluding diaryl/α,β-unsaturated/α-hetero) is 1. The van der Waals surface area contributed by atoms with Crippen molar-refractivity contribution in [3.05, 3.63) is 0 Å². The third-order valence-corrected chi connectivity index (χ3v) is 6.04. The van der Waals surface area contributed by atoms with Crippen LogP contribution < -0.4 is 5.73 Å². The van der Waals surface area contributed by atoms with Crippen LogP contribution in [0.2, 0.25) is 0 Å². The van der Waals surface area contributed by atoms with E-state index in [2.05, 4.69) is 0 Å². The second-order valence-corrected chi connectivity index (χ2v) is 6.23. The summed E-state index contributed by atoms with van der Waals surface area (Å²) in [5.41, 5.74) is 5.37. The van der Waals surface area contributed by atoms with Crippen LogP contribution in [0.4, 0.5) is 0 Å². The Kier molecular flexibility index (Phi) is 1.11. The smallest absolute Gasteiger partial charge is 0.285 e. The third-order valence-electron chi connectivity index (χ3n) is 6.04. The zero-order chi connectivity index (χ0) is 10.4. The molecular formula is C12H15NO2. The number of primary amides is 1. The van der Waals surface area contributed by atoms with Crippen molar-refractivity contribution in [2.24, 2.45) is 34.3 Å². The molecule has 0 saturated heterocycles. The summed E-state index contributed by atoms with van der Waals surface area (Å²) < 4.78 is 0. The van der Waals surface area contributed by atoms with Gasteiger partial charge in [0.1, 0.15) is 0 Å². The van der Waals surface area contributed by atoms with Gasteiger partial charge in [-0.1, -0.05) is 0 Å². The van der Waals surface area contributed by atoms with Crippen LogP contribution in [-0.2, 0) is 9.59 Å². The fraction of sp³-hybridized carbons (Fsp3) is 0.833. The first-order valence-electron chi connectivity index (χ1n) is 5.93. The molecule has 1 amide bonds. The SMILES string of the molecule is NC(=O)C(=O)C12CC3CC4CC(C1)C43C2. The van der Waals surface area contributed by atoms with E-state index in [1.807, 2.05) is 0 Å². The summed E-state index contributed by atoms with van der Waals surface area (Å²) in [6, 6.07) is 0. The second kappa shape index (κ2) is 2.00. The van der Waals surface area contributed by atoms with Gasteiger partial charge in [-0.25, -0.2) is 0 Å². The van der Waals surface area contributed by atoms with Crippen LogP contribution in [0.5, 0.6) is 0 Å². The number of rotatable bonds is 2. The fourth-order valence-corrected chi connectivity index (χ4v) is 5.60. The lowest BCUT2D eigenvalue weighted by atomic mass is 9.38. The standard InChI is InChI=1S/C12H15NO2/c13-10(15)9(14)11-3-7-1-6-2-8(4-11)12(6,7)5-11/h6-8H,1-5H2,(H2,13,15). The first kappa shape index (κ1) is 8.31. The molecule has 3 nitrogen and oxygen atoms in total. The quantitative estimate of drug-likeness (QED) is 0.680. The fourth-order valence-electron chi connectivity index (χ4n) is 5.60. The highest BCUT2D eigenvalue weighted by Crippen LogP contribution is 2.84. The Morgan fingerprint density at radius 3 is 2.07 bits per heavy atom. The molecule has 0 heterocycles. The molecule has 2 N–H and O–H groups in total. The van der Waals surface area contributed by atoms with Gasteiger partial charge in [0.05, 0.1) is 0 Å². The van der Waals surface area contributed by atoms with Crippen molar-refractivity contribution in [3.8, 4) is 0 Å². The number of carbonyl (C=O) groups is 2. The lowest BCUT2D eigenvalue weighted by Crippen LogP contribution is -2.59. The molecule has 0 aromatic heterocycles. The molecule has 0 aromatic rings. The van der Waals surface area contributed by atoms with Gasteiger partial charge in [0.2, 0.25) is 5.78 Å². The van der Waals surface area contributed by atoms with E-state index in [-0.39, 0.29) is 11.2 Å². The largest absolute Gasteiger partial charge is 0.363 e. The summed E-state index contributed by atoms with van der Waals surface area (Å²) in [4.78, 5) is 23.0. The summed E-state index contributed by atoms with van der Waals surface area (Å²) in [6.45, 7) is 0. The molecule has 4 rings (SSSR count). The van der Waals surface area contributed by atoms with E-state index in [4.69, 9.17) is 5.73 Å². The molecular weight excluding hydrogens is 190 g/mol. The Labute approximate surface area is 88.4 Å². The van der Waals surface area contributed by atoms with Gasteiger partial charge < -0.3 is 5.73 Å². The van der Waals surface area contributed by atoms with E-state index in [9.17, 15) is 9.59 Å². The van der Waals surface area contributed by atoms with Gasteiger partial charge in [0, 0.05) is 5.41 Å². The van der Waals surface area contributed by atoms with Crippen LogP contribution >= 0.6 is 0 Å². The number of fused-ring (bicyclic) bond motifs is 1. The Bertz CT molecular complexity index is 384. The molecule has 15 heavy (non-hydrogen) atoms. The Morgan fingerprint density at radius 2 is 1.67 bits per heavy atom. The summed E-state index contributed by atoms with van der Waals surface area (Å²) in [5.74, 6) is 1.42. The van der Waals surface area contributed by atoms with Crippen molar-refractivity contribution in [3.63, 3.8) is 0 Å². The summed E-state index contributed by atoms with van der Waals surface area (Å²) in [7, 11) is 0. The van der Waals surface area contributed by atoms with Gasteiger partial charge in [0.25, 0.3) is 5.91 Å². The predicted octanol–water partition coefficient (Wildman–Crippen LogP) is 0.867. The molecule has 2 atom stereocenters. The molecule has 4 aliphatic carbocycles. The van der Waals surface area contributed by atoms with Gasteiger partial charge in [-0.3, -0.25) is 9.59 Å². The van der Waals surface area contributed by atoms with Crippen LogP contribution in [-0.4, -0.2) is 11.7 Å². The molecule has 0 radical (unpaired) electrons. The summed E-state index contributed by atoms with van der Waals surface area (Å²) in [5, 5.41) is 0. The van der Waals surface area contributed by atoms with Crippen molar-refractivity contribution >= 4 is 11.7 Å². The maximum absolute atomic E-state index is 11.9. The van der Waals surface area contributed by atoms with Crippen molar-refractivity contribution in [2.75, 3.05) is 0 Å². The van der Waals surface area contributed by atoms with Gasteiger partial charge in [-0.05, 0) is 55.3 Å². The molecule has 2 bridgehead atoms. The maximum atomic E-state index is 11.9. The number of carbonyl (C=O) groups excluding carboxylic acids is 2. The molecule has 4 aliphatic rings. The van der Waals surface area contributed by atoms with Crippen molar-refractivity contribution < 1.29 is 9.59 Å². The molecule has 80 valence electrons. The van der Waals surface area contributed by atoms with Gasteiger partial charge in [-0.2, -0.15) is 0 Å². The maximum Gasteiger partial charge on any atom is 0.285 e. The molecule has 3 heteroatoms. The number of nitrogens with two attached hydrogens (primary N) is 1. The Morgan fingerprint density at radius 1 is 1.07 bits per heavy atom. The van der Waals surface area contributed by atoms with Gasteiger partial charge in [-0.15, -0.1) is 0 Å². The van der Waals surface area contributed by atoms with E-state index in [1.54, 1.807) is 0 Å². The lowest BCUT2D eigenvalue weighted by molar-refractivity contribution is -0.178. The zero-order valence-electron chi connectivity index (χ0n) is 8.66. The average molecular weight is 205 g/mol. The van der Waals surface area contributed by atoms with Crippen molar-refractivity contribution in [2.45, 2.75) is 32.1 Å². The summed E-state index contributed by atoms with van der Waals surface area (Å²) in [6.07, 6.45) is 5.53. The van der Waals surface area contributed by atoms with Gasteiger partial charge >= 0.3 is 0 Å². The van der Waals surface area contributed by atoms with E-state index in [0.717, 1.165) is 37.0 Å². The highest BCUT2D eigenvalue weighted by molar-refractivity contribution is 6.37. The number of hydrogen-bond acceptors (Lipinski definition) is 2. The van der Waals surface area contributed by atoms with Gasteiger partial charge in [0.15, 0.2) is 0 Å². The third kappa shape index (κ3) is 0.624. The highest BCUT2D eigenvalue weighted by atomic mass is 16.2. The number of amides is 1. The lowest BCUT2D eigenvalue weighted by Gasteiger charge is -2.66. The van der Waals surface area contributed by atoms with Crippen LogP contribution in [0.15, 0.2) is 0 Å². The molecule has 4 saturated carbocycles. The minimum absolute atomic E-state index is 0.264. The van der Waals surface area contributed by atoms with Crippen LogP contribution in [0.25, 0.3) is 0 Å². The number of hydrogen-bond donors (Lipinski definition) is 1. The first-order valence-corrected chi connectivity index (χ1v) is 5.93. The van der Waals surface area contributed by atoms with Crippen LogP contribution in [0.3, 0.4) is 0 Å². The van der Waals surface area contributed by atoms with E-state index in [0.29, 0.717) is 5.41 Å². The summed E-state index contributed by atoms with van der Waals surface area (Å²) >= 11 is 0.